The monoisotopic (exact) mass is 277 g/mol. The maximum atomic E-state index is 13.0. The Kier molecular flexibility index (Phi) is 5.34. The van der Waals surface area contributed by atoms with Crippen molar-refractivity contribution in [3.8, 4) is 0 Å². The van der Waals surface area contributed by atoms with E-state index >= 15 is 0 Å². The van der Waals surface area contributed by atoms with Crippen LogP contribution in [0.1, 0.15) is 36.3 Å². The lowest BCUT2D eigenvalue weighted by Gasteiger charge is -2.17. The van der Waals surface area contributed by atoms with E-state index in [4.69, 9.17) is 11.6 Å². The van der Waals surface area contributed by atoms with Gasteiger partial charge in [0.05, 0.1) is 0 Å². The van der Waals surface area contributed by atoms with Crippen LogP contribution in [0, 0.1) is 5.82 Å². The van der Waals surface area contributed by atoms with Gasteiger partial charge < -0.3 is 0 Å². The SMILES string of the molecule is Fc1ccc(C(CCCCCl)c2cccnc2)cc1. The average Bonchev–Trinajstić information content (AvgIpc) is 2.46. The lowest BCUT2D eigenvalue weighted by molar-refractivity contribution is 0.621. The fourth-order valence-electron chi connectivity index (χ4n) is 2.25. The number of hydrogen-bond donors (Lipinski definition) is 0. The molecule has 1 aromatic heterocycles. The van der Waals surface area contributed by atoms with Crippen molar-refractivity contribution in [2.45, 2.75) is 25.2 Å². The fourth-order valence-corrected chi connectivity index (χ4v) is 2.43. The molecule has 1 unspecified atom stereocenters. The van der Waals surface area contributed by atoms with Crippen LogP contribution in [0.15, 0.2) is 48.8 Å². The molecule has 0 spiro atoms. The predicted molar refractivity (Wildman–Crippen MR) is 77.1 cm³/mol. The summed E-state index contributed by atoms with van der Waals surface area (Å²) in [4.78, 5) is 4.18. The van der Waals surface area contributed by atoms with Gasteiger partial charge in [-0.3, -0.25) is 4.98 Å². The third-order valence-electron chi connectivity index (χ3n) is 3.24. The summed E-state index contributed by atoms with van der Waals surface area (Å²) in [6.07, 6.45) is 6.71. The van der Waals surface area contributed by atoms with E-state index in [9.17, 15) is 4.39 Å². The summed E-state index contributed by atoms with van der Waals surface area (Å²) < 4.78 is 13.0. The Morgan fingerprint density at radius 1 is 1.05 bits per heavy atom. The molecule has 100 valence electrons. The van der Waals surface area contributed by atoms with Crippen molar-refractivity contribution in [1.29, 1.82) is 0 Å². The van der Waals surface area contributed by atoms with Crippen LogP contribution in [0.25, 0.3) is 0 Å². The van der Waals surface area contributed by atoms with E-state index < -0.39 is 0 Å². The van der Waals surface area contributed by atoms with Crippen LogP contribution >= 0.6 is 11.6 Å². The van der Waals surface area contributed by atoms with Gasteiger partial charge in [0, 0.05) is 24.2 Å². The van der Waals surface area contributed by atoms with Crippen molar-refractivity contribution >= 4 is 11.6 Å². The first-order chi connectivity index (χ1) is 9.31. The number of alkyl halides is 1. The fraction of sp³-hybridized carbons (Fsp3) is 0.312. The molecule has 0 saturated heterocycles. The number of halogens is 2. The van der Waals surface area contributed by atoms with Gasteiger partial charge in [-0.1, -0.05) is 24.6 Å². The Balaban J connectivity index is 2.21. The standard InChI is InChI=1S/C16H17ClFN/c17-10-2-1-5-16(14-4-3-11-19-12-14)13-6-8-15(18)9-7-13/h3-4,6-9,11-12,16H,1-2,5,10H2. The minimum absolute atomic E-state index is 0.200. The second kappa shape index (κ2) is 7.25. The minimum atomic E-state index is -0.200. The summed E-state index contributed by atoms with van der Waals surface area (Å²) in [6, 6.07) is 10.7. The van der Waals surface area contributed by atoms with Crippen LogP contribution in [-0.2, 0) is 0 Å². The van der Waals surface area contributed by atoms with Crippen LogP contribution in [0.3, 0.4) is 0 Å². The second-order valence-corrected chi connectivity index (χ2v) is 4.95. The first-order valence-corrected chi connectivity index (χ1v) is 7.06. The molecule has 3 heteroatoms. The highest BCUT2D eigenvalue weighted by molar-refractivity contribution is 6.17. The van der Waals surface area contributed by atoms with Crippen molar-refractivity contribution in [2.75, 3.05) is 5.88 Å². The number of hydrogen-bond acceptors (Lipinski definition) is 1. The van der Waals surface area contributed by atoms with Crippen molar-refractivity contribution in [3.05, 3.63) is 65.7 Å². The average molecular weight is 278 g/mol. The Morgan fingerprint density at radius 2 is 1.84 bits per heavy atom. The predicted octanol–water partition coefficient (Wildman–Crippen LogP) is 4.76. The molecule has 1 heterocycles. The highest BCUT2D eigenvalue weighted by Gasteiger charge is 2.14. The molecule has 19 heavy (non-hydrogen) atoms. The topological polar surface area (TPSA) is 12.9 Å². The molecule has 1 nitrogen and oxygen atoms in total. The van der Waals surface area contributed by atoms with Gasteiger partial charge in [-0.2, -0.15) is 0 Å². The van der Waals surface area contributed by atoms with Gasteiger partial charge >= 0.3 is 0 Å². The number of nitrogens with zero attached hydrogens (tertiary/aromatic N) is 1. The van der Waals surface area contributed by atoms with E-state index in [1.165, 1.54) is 17.7 Å². The third kappa shape index (κ3) is 4.03. The van der Waals surface area contributed by atoms with E-state index in [1.54, 1.807) is 6.20 Å². The Hall–Kier alpha value is -1.41. The Morgan fingerprint density at radius 3 is 2.47 bits per heavy atom. The highest BCUT2D eigenvalue weighted by atomic mass is 35.5. The highest BCUT2D eigenvalue weighted by Crippen LogP contribution is 2.29. The summed E-state index contributed by atoms with van der Waals surface area (Å²) in [5.74, 6) is 0.746. The Bertz CT molecular complexity index is 484. The van der Waals surface area contributed by atoms with Gasteiger partial charge in [-0.25, -0.2) is 4.39 Å². The summed E-state index contributed by atoms with van der Waals surface area (Å²) in [7, 11) is 0. The number of pyridine rings is 1. The summed E-state index contributed by atoms with van der Waals surface area (Å²) in [5, 5.41) is 0. The maximum Gasteiger partial charge on any atom is 0.123 e. The van der Waals surface area contributed by atoms with Crippen LogP contribution < -0.4 is 0 Å². The number of rotatable bonds is 6. The molecule has 0 aliphatic rings. The van der Waals surface area contributed by atoms with Crippen LogP contribution in [0.4, 0.5) is 4.39 Å². The van der Waals surface area contributed by atoms with Gasteiger partial charge in [-0.15, -0.1) is 11.6 Å². The van der Waals surface area contributed by atoms with Crippen molar-refractivity contribution < 1.29 is 4.39 Å². The number of benzene rings is 1. The molecular weight excluding hydrogens is 261 g/mol. The molecule has 0 fully saturated rings. The Labute approximate surface area is 118 Å². The summed E-state index contributed by atoms with van der Waals surface area (Å²) in [5.41, 5.74) is 2.30. The molecule has 0 N–H and O–H groups in total. The summed E-state index contributed by atoms with van der Waals surface area (Å²) >= 11 is 5.74. The van der Waals surface area contributed by atoms with E-state index in [0.717, 1.165) is 24.8 Å². The third-order valence-corrected chi connectivity index (χ3v) is 3.50. The van der Waals surface area contributed by atoms with Crippen LogP contribution in [0.2, 0.25) is 0 Å². The lowest BCUT2D eigenvalue weighted by atomic mass is 9.88. The maximum absolute atomic E-state index is 13.0. The van der Waals surface area contributed by atoms with Gasteiger partial charge in [0.25, 0.3) is 0 Å². The second-order valence-electron chi connectivity index (χ2n) is 4.58. The smallest absolute Gasteiger partial charge is 0.123 e. The molecule has 2 rings (SSSR count). The van der Waals surface area contributed by atoms with Gasteiger partial charge in [0.15, 0.2) is 0 Å². The van der Waals surface area contributed by atoms with Crippen LogP contribution in [-0.4, -0.2) is 10.9 Å². The van der Waals surface area contributed by atoms with E-state index in [0.29, 0.717) is 5.88 Å². The van der Waals surface area contributed by atoms with E-state index in [-0.39, 0.29) is 11.7 Å². The largest absolute Gasteiger partial charge is 0.264 e. The molecule has 0 aliphatic heterocycles. The van der Waals surface area contributed by atoms with Gasteiger partial charge in [0.1, 0.15) is 5.82 Å². The van der Waals surface area contributed by atoms with E-state index in [2.05, 4.69) is 11.1 Å². The quantitative estimate of drug-likeness (QED) is 0.548. The zero-order valence-electron chi connectivity index (χ0n) is 10.7. The molecule has 0 amide bonds. The first kappa shape index (κ1) is 14.0. The first-order valence-electron chi connectivity index (χ1n) is 6.52. The zero-order chi connectivity index (χ0) is 13.5. The zero-order valence-corrected chi connectivity index (χ0v) is 11.5. The van der Waals surface area contributed by atoms with Gasteiger partial charge in [0.2, 0.25) is 0 Å². The number of unbranched alkanes of at least 4 members (excludes halogenated alkanes) is 1. The molecule has 1 atom stereocenters. The van der Waals surface area contributed by atoms with Crippen LogP contribution in [0.5, 0.6) is 0 Å². The molecule has 1 aromatic carbocycles. The van der Waals surface area contributed by atoms with Gasteiger partial charge in [-0.05, 0) is 42.2 Å². The normalized spacial score (nSPS) is 12.3. The molecule has 0 saturated carbocycles. The molecule has 0 radical (unpaired) electrons. The molecule has 0 bridgehead atoms. The number of aromatic nitrogens is 1. The van der Waals surface area contributed by atoms with Crippen molar-refractivity contribution in [2.24, 2.45) is 0 Å². The minimum Gasteiger partial charge on any atom is -0.264 e. The lowest BCUT2D eigenvalue weighted by Crippen LogP contribution is -2.02. The summed E-state index contributed by atoms with van der Waals surface area (Å²) in [6.45, 7) is 0. The van der Waals surface area contributed by atoms with Crippen molar-refractivity contribution in [1.82, 2.24) is 4.98 Å². The van der Waals surface area contributed by atoms with E-state index in [1.807, 2.05) is 24.4 Å². The molecule has 2 aromatic rings. The molecular formula is C16H17ClFN. The van der Waals surface area contributed by atoms with Crippen molar-refractivity contribution in [3.63, 3.8) is 0 Å². The molecule has 0 aliphatic carbocycles.